The molecular formula is C15H18FN3. The molecule has 1 saturated carbocycles. The highest BCUT2D eigenvalue weighted by Crippen LogP contribution is 2.37. The highest BCUT2D eigenvalue weighted by Gasteiger charge is 2.27. The maximum atomic E-state index is 14.1. The Balaban J connectivity index is 1.92. The van der Waals surface area contributed by atoms with E-state index in [4.69, 9.17) is 5.73 Å². The molecule has 3 N–H and O–H groups in total. The lowest BCUT2D eigenvalue weighted by atomic mass is 10.1. The predicted octanol–water partition coefficient (Wildman–Crippen LogP) is 3.41. The lowest BCUT2D eigenvalue weighted by Gasteiger charge is -2.15. The number of rotatable bonds is 4. The van der Waals surface area contributed by atoms with Gasteiger partial charge in [0.25, 0.3) is 0 Å². The zero-order valence-corrected chi connectivity index (χ0v) is 11.0. The Morgan fingerprint density at radius 3 is 3.05 bits per heavy atom. The molecule has 0 saturated heterocycles. The molecule has 1 aromatic heterocycles. The molecule has 1 unspecified atom stereocenters. The van der Waals surface area contributed by atoms with Gasteiger partial charge in [-0.3, -0.25) is 4.98 Å². The van der Waals surface area contributed by atoms with Crippen LogP contribution in [0.5, 0.6) is 0 Å². The maximum Gasteiger partial charge on any atom is 0.150 e. The summed E-state index contributed by atoms with van der Waals surface area (Å²) in [5, 5.41) is 4.01. The normalized spacial score (nSPS) is 16.5. The molecule has 0 spiro atoms. The van der Waals surface area contributed by atoms with Gasteiger partial charge < -0.3 is 11.1 Å². The third-order valence-electron chi connectivity index (χ3n) is 3.90. The van der Waals surface area contributed by atoms with Crippen LogP contribution in [0.1, 0.15) is 19.8 Å². The fraction of sp³-hybridized carbons (Fsp3) is 0.400. The molecule has 1 heterocycles. The fourth-order valence-corrected chi connectivity index (χ4v) is 2.50. The van der Waals surface area contributed by atoms with Gasteiger partial charge in [0.1, 0.15) is 0 Å². The minimum Gasteiger partial charge on any atom is -0.398 e. The summed E-state index contributed by atoms with van der Waals surface area (Å²) in [6, 6.07) is 5.05. The Bertz CT molecular complexity index is 608. The molecule has 0 bridgehead atoms. The van der Waals surface area contributed by atoms with Crippen LogP contribution in [0.15, 0.2) is 24.4 Å². The van der Waals surface area contributed by atoms with Gasteiger partial charge in [0.2, 0.25) is 0 Å². The SMILES string of the molecule is CC(CNc1c(F)cc(N)c2cccnc12)C1CC1. The smallest absolute Gasteiger partial charge is 0.150 e. The maximum absolute atomic E-state index is 14.1. The number of nitrogen functional groups attached to an aromatic ring is 1. The summed E-state index contributed by atoms with van der Waals surface area (Å²) in [5.74, 6) is 1.03. The van der Waals surface area contributed by atoms with Crippen molar-refractivity contribution in [3.63, 3.8) is 0 Å². The third kappa shape index (κ3) is 2.35. The third-order valence-corrected chi connectivity index (χ3v) is 3.90. The summed E-state index contributed by atoms with van der Waals surface area (Å²) < 4.78 is 14.1. The molecule has 19 heavy (non-hydrogen) atoms. The average molecular weight is 259 g/mol. The monoisotopic (exact) mass is 259 g/mol. The van der Waals surface area contributed by atoms with E-state index in [2.05, 4.69) is 17.2 Å². The van der Waals surface area contributed by atoms with Crippen LogP contribution < -0.4 is 11.1 Å². The van der Waals surface area contributed by atoms with Crippen molar-refractivity contribution in [2.45, 2.75) is 19.8 Å². The zero-order valence-electron chi connectivity index (χ0n) is 11.0. The summed E-state index contributed by atoms with van der Waals surface area (Å²) in [6.45, 7) is 2.98. The second-order valence-corrected chi connectivity index (χ2v) is 5.42. The van der Waals surface area contributed by atoms with Crippen LogP contribution in [0.25, 0.3) is 10.9 Å². The first-order valence-electron chi connectivity index (χ1n) is 6.73. The molecule has 1 aliphatic carbocycles. The Hall–Kier alpha value is -1.84. The first-order valence-corrected chi connectivity index (χ1v) is 6.73. The van der Waals surface area contributed by atoms with E-state index in [0.717, 1.165) is 17.8 Å². The van der Waals surface area contributed by atoms with Crippen LogP contribution in [0.4, 0.5) is 15.8 Å². The van der Waals surface area contributed by atoms with Crippen LogP contribution in [0.2, 0.25) is 0 Å². The number of nitrogens with zero attached hydrogens (tertiary/aromatic N) is 1. The minimum atomic E-state index is -0.327. The van der Waals surface area contributed by atoms with Gasteiger partial charge in [-0.25, -0.2) is 4.39 Å². The van der Waals surface area contributed by atoms with Gasteiger partial charge >= 0.3 is 0 Å². The number of anilines is 2. The van der Waals surface area contributed by atoms with Gasteiger partial charge in [0, 0.05) is 23.8 Å². The molecule has 1 aromatic carbocycles. The van der Waals surface area contributed by atoms with Crippen molar-refractivity contribution in [1.29, 1.82) is 0 Å². The van der Waals surface area contributed by atoms with E-state index >= 15 is 0 Å². The van der Waals surface area contributed by atoms with E-state index in [0.29, 0.717) is 22.8 Å². The van der Waals surface area contributed by atoms with Crippen molar-refractivity contribution >= 4 is 22.3 Å². The number of benzene rings is 1. The second-order valence-electron chi connectivity index (χ2n) is 5.42. The number of halogens is 1. The van der Waals surface area contributed by atoms with Crippen LogP contribution in [-0.2, 0) is 0 Å². The van der Waals surface area contributed by atoms with E-state index in [1.165, 1.54) is 18.9 Å². The molecular weight excluding hydrogens is 241 g/mol. The Kier molecular flexibility index (Phi) is 3.01. The largest absolute Gasteiger partial charge is 0.398 e. The molecule has 1 fully saturated rings. The molecule has 100 valence electrons. The van der Waals surface area contributed by atoms with Crippen LogP contribution in [-0.4, -0.2) is 11.5 Å². The predicted molar refractivity (Wildman–Crippen MR) is 76.5 cm³/mol. The molecule has 4 heteroatoms. The Labute approximate surface area is 112 Å². The molecule has 1 aliphatic rings. The number of hydrogen-bond donors (Lipinski definition) is 2. The number of nitrogens with one attached hydrogen (secondary N) is 1. The second kappa shape index (κ2) is 4.68. The standard InChI is InChI=1S/C15H18FN3/c1-9(10-4-5-10)8-19-15-12(16)7-13(17)11-3-2-6-18-14(11)15/h2-3,6-7,9-10,19H,4-5,8,17H2,1H3. The van der Waals surface area contributed by atoms with Gasteiger partial charge in [-0.2, -0.15) is 0 Å². The van der Waals surface area contributed by atoms with E-state index < -0.39 is 0 Å². The topological polar surface area (TPSA) is 50.9 Å². The molecule has 3 rings (SSSR count). The summed E-state index contributed by atoms with van der Waals surface area (Å²) in [6.07, 6.45) is 4.26. The summed E-state index contributed by atoms with van der Waals surface area (Å²) >= 11 is 0. The van der Waals surface area contributed by atoms with E-state index in [1.54, 1.807) is 6.20 Å². The van der Waals surface area contributed by atoms with Gasteiger partial charge in [-0.1, -0.05) is 6.92 Å². The van der Waals surface area contributed by atoms with Gasteiger partial charge in [-0.05, 0) is 42.9 Å². The first-order chi connectivity index (χ1) is 9.16. The van der Waals surface area contributed by atoms with Crippen LogP contribution >= 0.6 is 0 Å². The zero-order chi connectivity index (χ0) is 13.4. The average Bonchev–Trinajstić information content (AvgIpc) is 3.22. The van der Waals surface area contributed by atoms with Crippen molar-refractivity contribution < 1.29 is 4.39 Å². The number of fused-ring (bicyclic) bond motifs is 1. The van der Waals surface area contributed by atoms with Crippen LogP contribution in [0.3, 0.4) is 0 Å². The van der Waals surface area contributed by atoms with Crippen molar-refractivity contribution in [2.75, 3.05) is 17.6 Å². The summed E-state index contributed by atoms with van der Waals surface area (Å²) in [4.78, 5) is 4.26. The highest BCUT2D eigenvalue weighted by molar-refractivity contribution is 5.98. The van der Waals surface area contributed by atoms with Gasteiger partial charge in [0.05, 0.1) is 11.2 Å². The molecule has 3 nitrogen and oxygen atoms in total. The number of nitrogens with two attached hydrogens (primary N) is 1. The molecule has 0 amide bonds. The number of aromatic nitrogens is 1. The minimum absolute atomic E-state index is 0.327. The fourth-order valence-electron chi connectivity index (χ4n) is 2.50. The van der Waals surface area contributed by atoms with Crippen molar-refractivity contribution in [2.24, 2.45) is 11.8 Å². The number of hydrogen-bond acceptors (Lipinski definition) is 3. The van der Waals surface area contributed by atoms with Crippen molar-refractivity contribution in [1.82, 2.24) is 4.98 Å². The first kappa shape index (κ1) is 12.2. The lowest BCUT2D eigenvalue weighted by Crippen LogP contribution is -2.14. The van der Waals surface area contributed by atoms with Crippen LogP contribution in [0, 0.1) is 17.7 Å². The van der Waals surface area contributed by atoms with E-state index in [-0.39, 0.29) is 5.82 Å². The van der Waals surface area contributed by atoms with Gasteiger partial charge in [0.15, 0.2) is 5.82 Å². The summed E-state index contributed by atoms with van der Waals surface area (Å²) in [5.41, 5.74) is 7.35. The quantitative estimate of drug-likeness (QED) is 0.827. The lowest BCUT2D eigenvalue weighted by molar-refractivity contribution is 0.534. The van der Waals surface area contributed by atoms with Gasteiger partial charge in [-0.15, -0.1) is 0 Å². The Morgan fingerprint density at radius 1 is 1.53 bits per heavy atom. The molecule has 0 aliphatic heterocycles. The van der Waals surface area contributed by atoms with E-state index in [9.17, 15) is 4.39 Å². The van der Waals surface area contributed by atoms with E-state index in [1.807, 2.05) is 12.1 Å². The number of pyridine rings is 1. The highest BCUT2D eigenvalue weighted by atomic mass is 19.1. The summed E-state index contributed by atoms with van der Waals surface area (Å²) in [7, 11) is 0. The molecule has 0 radical (unpaired) electrons. The van der Waals surface area contributed by atoms with Crippen molar-refractivity contribution in [3.05, 3.63) is 30.2 Å². The molecule has 2 aromatic rings. The van der Waals surface area contributed by atoms with Crippen molar-refractivity contribution in [3.8, 4) is 0 Å². The Morgan fingerprint density at radius 2 is 2.32 bits per heavy atom. The molecule has 1 atom stereocenters.